The van der Waals surface area contributed by atoms with Crippen molar-refractivity contribution in [1.82, 2.24) is 0 Å². The number of aryl methyl sites for hydroxylation is 1. The summed E-state index contributed by atoms with van der Waals surface area (Å²) in [6, 6.07) is 5.29. The van der Waals surface area contributed by atoms with E-state index in [-0.39, 0.29) is 12.6 Å². The van der Waals surface area contributed by atoms with Gasteiger partial charge in [-0.3, -0.25) is 0 Å². The number of aliphatic hydroxyl groups excluding tert-OH is 1. The Balaban J connectivity index is 3.14. The Kier molecular flexibility index (Phi) is 4.64. The second-order valence-electron chi connectivity index (χ2n) is 3.48. The second kappa shape index (κ2) is 6.00. The summed E-state index contributed by atoms with van der Waals surface area (Å²) in [5, 5.41) is 12.6. The van der Waals surface area contributed by atoms with Crippen molar-refractivity contribution < 1.29 is 9.84 Å². The maximum absolute atomic E-state index is 8.93. The van der Waals surface area contributed by atoms with Crippen LogP contribution in [0.5, 0.6) is 5.75 Å². The lowest BCUT2D eigenvalue weighted by molar-refractivity contribution is 0.275. The fraction of sp³-hybridized carbons (Fsp3) is 0.455. The van der Waals surface area contributed by atoms with Crippen LogP contribution in [0.2, 0.25) is 0 Å². The van der Waals surface area contributed by atoms with Crippen molar-refractivity contribution in [3.05, 3.63) is 39.8 Å². The van der Waals surface area contributed by atoms with Crippen molar-refractivity contribution in [2.45, 2.75) is 19.4 Å². The van der Waals surface area contributed by atoms with E-state index in [9.17, 15) is 0 Å². The number of hydrogen-bond donors (Lipinski definition) is 1. The molecule has 0 bridgehead atoms. The number of rotatable bonds is 5. The van der Waals surface area contributed by atoms with Gasteiger partial charge in [0.1, 0.15) is 5.75 Å². The predicted octanol–water partition coefficient (Wildman–Crippen LogP) is 2.74. The minimum absolute atomic E-state index is 0.0270. The molecular weight excluding hydrogens is 206 g/mol. The molecular formula is C11H15N3O2. The molecule has 1 atom stereocenters. The Labute approximate surface area is 94.3 Å². The summed E-state index contributed by atoms with van der Waals surface area (Å²) in [5.74, 6) is 0.677. The number of nitrogens with zero attached hydrogens (tertiary/aromatic N) is 3. The molecule has 16 heavy (non-hydrogen) atoms. The van der Waals surface area contributed by atoms with Gasteiger partial charge in [0.25, 0.3) is 0 Å². The highest BCUT2D eigenvalue weighted by Gasteiger charge is 2.14. The first kappa shape index (κ1) is 12.4. The normalized spacial score (nSPS) is 11.7. The molecule has 0 spiro atoms. The van der Waals surface area contributed by atoms with Gasteiger partial charge < -0.3 is 9.84 Å². The van der Waals surface area contributed by atoms with Gasteiger partial charge in [0.2, 0.25) is 0 Å². The molecule has 1 aromatic carbocycles. The summed E-state index contributed by atoms with van der Waals surface area (Å²) in [6.07, 6.45) is 0.393. The molecule has 1 rings (SSSR count). The Morgan fingerprint density at radius 1 is 1.56 bits per heavy atom. The highest BCUT2D eigenvalue weighted by Crippen LogP contribution is 2.30. The van der Waals surface area contributed by atoms with Crippen molar-refractivity contribution >= 4 is 0 Å². The molecule has 0 aliphatic carbocycles. The average molecular weight is 221 g/mol. The molecule has 0 saturated carbocycles. The molecule has 1 unspecified atom stereocenters. The predicted molar refractivity (Wildman–Crippen MR) is 61.3 cm³/mol. The van der Waals surface area contributed by atoms with Gasteiger partial charge in [-0.1, -0.05) is 22.8 Å². The standard InChI is InChI=1S/C11H15N3O2/c1-8-3-4-11(16-2)9(7-8)10(5-6-15)13-14-12/h3-4,7,10,15H,5-6H2,1-2H3. The highest BCUT2D eigenvalue weighted by molar-refractivity contribution is 5.39. The molecule has 0 aliphatic rings. The van der Waals surface area contributed by atoms with E-state index in [1.165, 1.54) is 0 Å². The molecule has 5 nitrogen and oxygen atoms in total. The Morgan fingerprint density at radius 3 is 2.88 bits per heavy atom. The highest BCUT2D eigenvalue weighted by atomic mass is 16.5. The van der Waals surface area contributed by atoms with Crippen molar-refractivity contribution in [2.24, 2.45) is 5.11 Å². The van der Waals surface area contributed by atoms with Gasteiger partial charge in [0, 0.05) is 17.1 Å². The van der Waals surface area contributed by atoms with Gasteiger partial charge in [-0.2, -0.15) is 0 Å². The number of hydrogen-bond acceptors (Lipinski definition) is 3. The van der Waals surface area contributed by atoms with Crippen molar-refractivity contribution in [3.63, 3.8) is 0 Å². The van der Waals surface area contributed by atoms with Crippen LogP contribution in [-0.4, -0.2) is 18.8 Å². The van der Waals surface area contributed by atoms with E-state index in [4.69, 9.17) is 15.4 Å². The third-order valence-electron chi connectivity index (χ3n) is 2.34. The molecule has 0 aromatic heterocycles. The van der Waals surface area contributed by atoms with Gasteiger partial charge in [0.05, 0.1) is 13.2 Å². The number of azide groups is 1. The largest absolute Gasteiger partial charge is 0.496 e. The van der Waals surface area contributed by atoms with E-state index in [1.54, 1.807) is 7.11 Å². The minimum atomic E-state index is -0.384. The van der Waals surface area contributed by atoms with Gasteiger partial charge in [-0.25, -0.2) is 0 Å². The van der Waals surface area contributed by atoms with Crippen molar-refractivity contribution in [1.29, 1.82) is 0 Å². The summed E-state index contributed by atoms with van der Waals surface area (Å²) < 4.78 is 5.21. The summed E-state index contributed by atoms with van der Waals surface area (Å²) in [5.41, 5.74) is 10.4. The Morgan fingerprint density at radius 2 is 2.31 bits per heavy atom. The zero-order valence-corrected chi connectivity index (χ0v) is 9.42. The second-order valence-corrected chi connectivity index (χ2v) is 3.48. The van der Waals surface area contributed by atoms with E-state index in [2.05, 4.69) is 10.0 Å². The Bertz CT molecular complexity index is 400. The van der Waals surface area contributed by atoms with Crippen LogP contribution in [-0.2, 0) is 0 Å². The Hall–Kier alpha value is -1.71. The lowest BCUT2D eigenvalue weighted by atomic mass is 10.0. The van der Waals surface area contributed by atoms with Gasteiger partial charge in [0.15, 0.2) is 0 Å². The zero-order chi connectivity index (χ0) is 12.0. The monoisotopic (exact) mass is 221 g/mol. The molecule has 0 aliphatic heterocycles. The van der Waals surface area contributed by atoms with Gasteiger partial charge in [-0.15, -0.1) is 0 Å². The molecule has 0 radical (unpaired) electrons. The van der Waals surface area contributed by atoms with E-state index in [0.29, 0.717) is 12.2 Å². The lowest BCUT2D eigenvalue weighted by Gasteiger charge is -2.14. The van der Waals surface area contributed by atoms with E-state index in [1.807, 2.05) is 25.1 Å². The van der Waals surface area contributed by atoms with Crippen LogP contribution >= 0.6 is 0 Å². The molecule has 0 amide bonds. The molecule has 0 fully saturated rings. The molecule has 86 valence electrons. The average Bonchev–Trinajstić information content (AvgIpc) is 2.29. The summed E-state index contributed by atoms with van der Waals surface area (Å²) in [4.78, 5) is 2.79. The zero-order valence-electron chi connectivity index (χ0n) is 9.42. The van der Waals surface area contributed by atoms with Crippen LogP contribution in [0.15, 0.2) is 23.3 Å². The maximum atomic E-state index is 8.93. The van der Waals surface area contributed by atoms with E-state index < -0.39 is 0 Å². The maximum Gasteiger partial charge on any atom is 0.122 e. The summed E-state index contributed by atoms with van der Waals surface area (Å²) >= 11 is 0. The van der Waals surface area contributed by atoms with Crippen LogP contribution in [0.1, 0.15) is 23.6 Å². The first-order valence-electron chi connectivity index (χ1n) is 5.02. The first-order chi connectivity index (χ1) is 7.72. The third kappa shape index (κ3) is 2.89. The molecule has 5 heteroatoms. The SMILES string of the molecule is COc1ccc(C)cc1C(CCO)N=[N+]=[N-]. The first-order valence-corrected chi connectivity index (χ1v) is 5.02. The van der Waals surface area contributed by atoms with Crippen molar-refractivity contribution in [2.75, 3.05) is 13.7 Å². The van der Waals surface area contributed by atoms with Crippen LogP contribution in [0.3, 0.4) is 0 Å². The fourth-order valence-corrected chi connectivity index (χ4v) is 1.57. The molecule has 0 heterocycles. The van der Waals surface area contributed by atoms with Crippen molar-refractivity contribution in [3.8, 4) is 5.75 Å². The lowest BCUT2D eigenvalue weighted by Crippen LogP contribution is -2.01. The van der Waals surface area contributed by atoms with Crippen LogP contribution < -0.4 is 4.74 Å². The topological polar surface area (TPSA) is 78.2 Å². The van der Waals surface area contributed by atoms with Gasteiger partial charge >= 0.3 is 0 Å². The number of ether oxygens (including phenoxy) is 1. The minimum Gasteiger partial charge on any atom is -0.496 e. The third-order valence-corrected chi connectivity index (χ3v) is 2.34. The van der Waals surface area contributed by atoms with E-state index >= 15 is 0 Å². The number of aliphatic hydroxyl groups is 1. The molecule has 1 aromatic rings. The molecule has 1 N–H and O–H groups in total. The summed E-state index contributed by atoms with van der Waals surface area (Å²) in [6.45, 7) is 1.93. The quantitative estimate of drug-likeness (QED) is 0.471. The van der Waals surface area contributed by atoms with Crippen LogP contribution in [0, 0.1) is 6.92 Å². The van der Waals surface area contributed by atoms with Gasteiger partial charge in [-0.05, 0) is 24.9 Å². The van der Waals surface area contributed by atoms with Crippen LogP contribution in [0.4, 0.5) is 0 Å². The smallest absolute Gasteiger partial charge is 0.122 e. The van der Waals surface area contributed by atoms with E-state index in [0.717, 1.165) is 11.1 Å². The number of benzene rings is 1. The van der Waals surface area contributed by atoms with Crippen LogP contribution in [0.25, 0.3) is 10.4 Å². The fourth-order valence-electron chi connectivity index (χ4n) is 1.57. The summed E-state index contributed by atoms with van der Waals surface area (Å²) in [7, 11) is 1.57. The molecule has 0 saturated heterocycles. The number of methoxy groups -OCH3 is 1.